The summed E-state index contributed by atoms with van der Waals surface area (Å²) in [6.45, 7) is 2.13. The van der Waals surface area contributed by atoms with Gasteiger partial charge >= 0.3 is 0 Å². The Morgan fingerprint density at radius 3 is 2.29 bits per heavy atom. The van der Waals surface area contributed by atoms with Crippen LogP contribution >= 0.6 is 0 Å². The molecule has 78 valence electrons. The Morgan fingerprint density at radius 2 is 1.93 bits per heavy atom. The van der Waals surface area contributed by atoms with Crippen LogP contribution in [0.5, 0.6) is 0 Å². The molecule has 2 amide bonds. The summed E-state index contributed by atoms with van der Waals surface area (Å²) in [5.74, 6) is 0.383. The van der Waals surface area contributed by atoms with Crippen LogP contribution < -0.4 is 11.1 Å². The summed E-state index contributed by atoms with van der Waals surface area (Å²) in [7, 11) is 0. The molecule has 2 aliphatic carbocycles. The van der Waals surface area contributed by atoms with E-state index in [2.05, 4.69) is 12.2 Å². The lowest BCUT2D eigenvalue weighted by Gasteiger charge is -2.32. The zero-order chi connectivity index (χ0) is 10.3. The molecule has 4 heteroatoms. The zero-order valence-electron chi connectivity index (χ0n) is 8.38. The van der Waals surface area contributed by atoms with Gasteiger partial charge in [0.1, 0.15) is 5.54 Å². The Balaban J connectivity index is 1.86. The quantitative estimate of drug-likeness (QED) is 0.675. The van der Waals surface area contributed by atoms with E-state index in [0.717, 1.165) is 12.8 Å². The number of rotatable bonds is 3. The van der Waals surface area contributed by atoms with Crippen LogP contribution in [-0.4, -0.2) is 17.4 Å². The molecule has 2 aliphatic rings. The Hall–Kier alpha value is -1.06. The van der Waals surface area contributed by atoms with Gasteiger partial charge in [-0.2, -0.15) is 0 Å². The number of carbonyl (C=O) groups excluding carboxylic acids is 2. The first kappa shape index (κ1) is 9.49. The number of nitrogens with one attached hydrogen (secondary N) is 1. The lowest BCUT2D eigenvalue weighted by molar-refractivity contribution is -0.133. The normalized spacial score (nSPS) is 32.9. The third-order valence-electron chi connectivity index (χ3n) is 3.33. The average molecular weight is 196 g/mol. The topological polar surface area (TPSA) is 72.2 Å². The minimum atomic E-state index is -0.685. The molecule has 2 rings (SSSR count). The van der Waals surface area contributed by atoms with Gasteiger partial charge in [0.05, 0.1) is 0 Å². The first-order valence-corrected chi connectivity index (χ1v) is 5.15. The molecule has 0 radical (unpaired) electrons. The SMILES string of the molecule is CC1CC(C(=O)NC2(C(N)=O)CC2)C1. The summed E-state index contributed by atoms with van der Waals surface area (Å²) in [5.41, 5.74) is 4.53. The van der Waals surface area contributed by atoms with Gasteiger partial charge in [0.25, 0.3) is 0 Å². The highest BCUT2D eigenvalue weighted by molar-refractivity contribution is 5.93. The molecular formula is C10H16N2O2. The Kier molecular flexibility index (Phi) is 2.01. The minimum absolute atomic E-state index is 0.0133. The molecule has 0 bridgehead atoms. The third-order valence-corrected chi connectivity index (χ3v) is 3.33. The third kappa shape index (κ3) is 1.49. The van der Waals surface area contributed by atoms with Gasteiger partial charge in [0.15, 0.2) is 0 Å². The van der Waals surface area contributed by atoms with E-state index in [1.165, 1.54) is 0 Å². The van der Waals surface area contributed by atoms with Gasteiger partial charge in [0, 0.05) is 5.92 Å². The standard InChI is InChI=1S/C10H16N2O2/c1-6-4-7(5-6)8(13)12-10(2-3-10)9(11)14/h6-7H,2-5H2,1H3,(H2,11,14)(H,12,13). The first-order valence-electron chi connectivity index (χ1n) is 5.15. The molecule has 4 nitrogen and oxygen atoms in total. The molecule has 0 aromatic carbocycles. The van der Waals surface area contributed by atoms with Crippen molar-refractivity contribution in [1.29, 1.82) is 0 Å². The molecule has 0 saturated heterocycles. The van der Waals surface area contributed by atoms with Crippen LogP contribution in [0.2, 0.25) is 0 Å². The van der Waals surface area contributed by atoms with E-state index in [9.17, 15) is 9.59 Å². The van der Waals surface area contributed by atoms with Gasteiger partial charge < -0.3 is 11.1 Å². The summed E-state index contributed by atoms with van der Waals surface area (Å²) in [6, 6.07) is 0. The van der Waals surface area contributed by atoms with Crippen LogP contribution in [-0.2, 0) is 9.59 Å². The molecule has 14 heavy (non-hydrogen) atoms. The minimum Gasteiger partial charge on any atom is -0.368 e. The van der Waals surface area contributed by atoms with Gasteiger partial charge in [0.2, 0.25) is 11.8 Å². The Morgan fingerprint density at radius 1 is 1.36 bits per heavy atom. The van der Waals surface area contributed by atoms with E-state index < -0.39 is 11.4 Å². The van der Waals surface area contributed by atoms with Crippen molar-refractivity contribution >= 4 is 11.8 Å². The maximum atomic E-state index is 11.6. The van der Waals surface area contributed by atoms with E-state index in [4.69, 9.17) is 5.73 Å². The van der Waals surface area contributed by atoms with Gasteiger partial charge in [-0.3, -0.25) is 9.59 Å². The summed E-state index contributed by atoms with van der Waals surface area (Å²) < 4.78 is 0. The monoisotopic (exact) mass is 196 g/mol. The molecule has 3 N–H and O–H groups in total. The predicted octanol–water partition coefficient (Wildman–Crippen LogP) is 0.167. The summed E-state index contributed by atoms with van der Waals surface area (Å²) in [6.07, 6.45) is 3.30. The van der Waals surface area contributed by atoms with Crippen LogP contribution in [0.4, 0.5) is 0 Å². The number of carbonyl (C=O) groups is 2. The summed E-state index contributed by atoms with van der Waals surface area (Å²) in [5, 5.41) is 2.78. The van der Waals surface area contributed by atoms with Gasteiger partial charge in [-0.15, -0.1) is 0 Å². The van der Waals surface area contributed by atoms with E-state index in [-0.39, 0.29) is 11.8 Å². The maximum Gasteiger partial charge on any atom is 0.243 e. The highest BCUT2D eigenvalue weighted by Crippen LogP contribution is 2.38. The fourth-order valence-corrected chi connectivity index (χ4v) is 2.01. The van der Waals surface area contributed by atoms with Crippen LogP contribution in [0.15, 0.2) is 0 Å². The smallest absolute Gasteiger partial charge is 0.243 e. The van der Waals surface area contributed by atoms with Crippen LogP contribution in [0.1, 0.15) is 32.6 Å². The fourth-order valence-electron chi connectivity index (χ4n) is 2.01. The molecular weight excluding hydrogens is 180 g/mol. The second-order valence-electron chi connectivity index (χ2n) is 4.71. The van der Waals surface area contributed by atoms with Crippen molar-refractivity contribution in [1.82, 2.24) is 5.32 Å². The van der Waals surface area contributed by atoms with Gasteiger partial charge in [-0.1, -0.05) is 6.92 Å². The molecule has 0 aliphatic heterocycles. The molecule has 0 aromatic heterocycles. The van der Waals surface area contributed by atoms with E-state index >= 15 is 0 Å². The summed E-state index contributed by atoms with van der Waals surface area (Å²) in [4.78, 5) is 22.6. The van der Waals surface area contributed by atoms with E-state index in [1.807, 2.05) is 0 Å². The van der Waals surface area contributed by atoms with Gasteiger partial charge in [-0.05, 0) is 31.6 Å². The number of nitrogens with two attached hydrogens (primary N) is 1. The van der Waals surface area contributed by atoms with Crippen molar-refractivity contribution in [2.75, 3.05) is 0 Å². The maximum absolute atomic E-state index is 11.6. The van der Waals surface area contributed by atoms with Crippen LogP contribution in [0, 0.1) is 11.8 Å². The average Bonchev–Trinajstić information content (AvgIpc) is 2.79. The number of amides is 2. The molecule has 0 heterocycles. The summed E-state index contributed by atoms with van der Waals surface area (Å²) >= 11 is 0. The molecule has 0 unspecified atom stereocenters. The van der Waals surface area contributed by atoms with Crippen molar-refractivity contribution in [2.24, 2.45) is 17.6 Å². The van der Waals surface area contributed by atoms with E-state index in [0.29, 0.717) is 18.8 Å². The zero-order valence-corrected chi connectivity index (χ0v) is 8.38. The number of hydrogen-bond acceptors (Lipinski definition) is 2. The van der Waals surface area contributed by atoms with Crippen LogP contribution in [0.25, 0.3) is 0 Å². The molecule has 0 atom stereocenters. The van der Waals surface area contributed by atoms with Crippen molar-refractivity contribution in [2.45, 2.75) is 38.1 Å². The van der Waals surface area contributed by atoms with Crippen molar-refractivity contribution in [3.63, 3.8) is 0 Å². The second kappa shape index (κ2) is 2.97. The van der Waals surface area contributed by atoms with Crippen molar-refractivity contribution in [3.05, 3.63) is 0 Å². The number of primary amides is 1. The first-order chi connectivity index (χ1) is 6.53. The second-order valence-corrected chi connectivity index (χ2v) is 4.71. The van der Waals surface area contributed by atoms with Crippen LogP contribution in [0.3, 0.4) is 0 Å². The Bertz CT molecular complexity index is 278. The number of hydrogen-bond donors (Lipinski definition) is 2. The van der Waals surface area contributed by atoms with E-state index in [1.54, 1.807) is 0 Å². The molecule has 0 spiro atoms. The highest BCUT2D eigenvalue weighted by Gasteiger charge is 2.51. The fraction of sp³-hybridized carbons (Fsp3) is 0.800. The molecule has 2 fully saturated rings. The largest absolute Gasteiger partial charge is 0.368 e. The van der Waals surface area contributed by atoms with Crippen molar-refractivity contribution in [3.8, 4) is 0 Å². The molecule has 2 saturated carbocycles. The Labute approximate surface area is 83.2 Å². The van der Waals surface area contributed by atoms with Gasteiger partial charge in [-0.25, -0.2) is 0 Å². The molecule has 0 aromatic rings. The van der Waals surface area contributed by atoms with Crippen molar-refractivity contribution < 1.29 is 9.59 Å². The predicted molar refractivity (Wildman–Crippen MR) is 51.2 cm³/mol. The highest BCUT2D eigenvalue weighted by atomic mass is 16.2. The lowest BCUT2D eigenvalue weighted by atomic mass is 9.75. The lowest BCUT2D eigenvalue weighted by Crippen LogP contribution is -2.50.